The molecule has 0 atom stereocenters. The van der Waals surface area contributed by atoms with E-state index in [-0.39, 0.29) is 6.42 Å². The standard InChI is InChI=1S/C12H20N4O3/c1-2-11-13-10(14-19-11)9-16-7-5-15(6-8-16)4-3-12(17)18/h2-9H2,1H3,(H,17,18). The summed E-state index contributed by atoms with van der Waals surface area (Å²) in [6.07, 6.45) is 0.973. The van der Waals surface area contributed by atoms with Crippen molar-refractivity contribution in [3.63, 3.8) is 0 Å². The number of carbonyl (C=O) groups is 1. The highest BCUT2D eigenvalue weighted by Gasteiger charge is 2.19. The van der Waals surface area contributed by atoms with E-state index in [4.69, 9.17) is 9.63 Å². The molecule has 1 aromatic rings. The Hall–Kier alpha value is -1.47. The Kier molecular flexibility index (Phi) is 4.86. The second kappa shape index (κ2) is 6.63. The van der Waals surface area contributed by atoms with Crippen LogP contribution >= 0.6 is 0 Å². The van der Waals surface area contributed by atoms with Gasteiger partial charge in [-0.25, -0.2) is 0 Å². The average molecular weight is 268 g/mol. The van der Waals surface area contributed by atoms with E-state index >= 15 is 0 Å². The van der Waals surface area contributed by atoms with E-state index in [0.717, 1.165) is 38.4 Å². The van der Waals surface area contributed by atoms with Crippen LogP contribution < -0.4 is 0 Å². The third kappa shape index (κ3) is 4.29. The van der Waals surface area contributed by atoms with E-state index in [2.05, 4.69) is 19.9 Å². The monoisotopic (exact) mass is 268 g/mol. The van der Waals surface area contributed by atoms with Crippen LogP contribution in [0.3, 0.4) is 0 Å². The van der Waals surface area contributed by atoms with Crippen LogP contribution in [0.4, 0.5) is 0 Å². The Morgan fingerprint density at radius 3 is 2.58 bits per heavy atom. The van der Waals surface area contributed by atoms with Crippen molar-refractivity contribution in [3.05, 3.63) is 11.7 Å². The van der Waals surface area contributed by atoms with Gasteiger partial charge in [0.15, 0.2) is 5.82 Å². The van der Waals surface area contributed by atoms with Crippen molar-refractivity contribution in [3.8, 4) is 0 Å². The highest BCUT2D eigenvalue weighted by molar-refractivity contribution is 5.66. The van der Waals surface area contributed by atoms with Crippen molar-refractivity contribution in [2.75, 3.05) is 32.7 Å². The Morgan fingerprint density at radius 1 is 1.32 bits per heavy atom. The van der Waals surface area contributed by atoms with Crippen molar-refractivity contribution in [1.82, 2.24) is 19.9 Å². The number of carboxylic acids is 1. The van der Waals surface area contributed by atoms with Gasteiger partial charge in [-0.3, -0.25) is 9.69 Å². The van der Waals surface area contributed by atoms with E-state index in [1.165, 1.54) is 0 Å². The summed E-state index contributed by atoms with van der Waals surface area (Å²) in [5.74, 6) is 0.673. The molecule has 0 radical (unpaired) electrons. The fraction of sp³-hybridized carbons (Fsp3) is 0.750. The summed E-state index contributed by atoms with van der Waals surface area (Å²) < 4.78 is 5.08. The average Bonchev–Trinajstić information content (AvgIpc) is 2.85. The van der Waals surface area contributed by atoms with Gasteiger partial charge in [0.05, 0.1) is 13.0 Å². The molecule has 7 nitrogen and oxygen atoms in total. The molecular weight excluding hydrogens is 248 g/mol. The van der Waals surface area contributed by atoms with Crippen molar-refractivity contribution in [1.29, 1.82) is 0 Å². The molecule has 1 N–H and O–H groups in total. The van der Waals surface area contributed by atoms with Gasteiger partial charge in [-0.1, -0.05) is 12.1 Å². The second-order valence-electron chi connectivity index (χ2n) is 4.72. The molecule has 0 unspecified atom stereocenters. The second-order valence-corrected chi connectivity index (χ2v) is 4.72. The Bertz CT molecular complexity index is 413. The minimum Gasteiger partial charge on any atom is -0.481 e. The number of hydrogen-bond donors (Lipinski definition) is 1. The van der Waals surface area contributed by atoms with E-state index in [0.29, 0.717) is 19.0 Å². The molecule has 1 saturated heterocycles. The first-order valence-corrected chi connectivity index (χ1v) is 6.65. The molecular formula is C12H20N4O3. The number of nitrogens with zero attached hydrogens (tertiary/aromatic N) is 4. The van der Waals surface area contributed by atoms with Gasteiger partial charge in [-0.2, -0.15) is 4.98 Å². The number of carboxylic acid groups (broad SMARTS) is 1. The summed E-state index contributed by atoms with van der Waals surface area (Å²) in [5, 5.41) is 12.6. The summed E-state index contributed by atoms with van der Waals surface area (Å²) in [6.45, 7) is 6.93. The first-order chi connectivity index (χ1) is 9.17. The van der Waals surface area contributed by atoms with Gasteiger partial charge in [-0.05, 0) is 0 Å². The maximum atomic E-state index is 10.5. The van der Waals surface area contributed by atoms with E-state index in [9.17, 15) is 4.79 Å². The number of hydrogen-bond acceptors (Lipinski definition) is 6. The molecule has 0 amide bonds. The van der Waals surface area contributed by atoms with E-state index < -0.39 is 5.97 Å². The number of rotatable bonds is 6. The van der Waals surface area contributed by atoms with Crippen molar-refractivity contribution < 1.29 is 14.4 Å². The molecule has 0 saturated carbocycles. The van der Waals surface area contributed by atoms with E-state index in [1.807, 2.05) is 6.92 Å². The number of aromatic nitrogens is 2. The summed E-state index contributed by atoms with van der Waals surface area (Å²) >= 11 is 0. The summed E-state index contributed by atoms with van der Waals surface area (Å²) in [4.78, 5) is 19.2. The molecule has 1 aromatic heterocycles. The van der Waals surface area contributed by atoms with Crippen molar-refractivity contribution in [2.45, 2.75) is 26.3 Å². The highest BCUT2D eigenvalue weighted by Crippen LogP contribution is 2.07. The van der Waals surface area contributed by atoms with Crippen LogP contribution in [0.25, 0.3) is 0 Å². The molecule has 7 heteroatoms. The molecule has 0 aromatic carbocycles. The lowest BCUT2D eigenvalue weighted by Gasteiger charge is -2.33. The van der Waals surface area contributed by atoms with Crippen LogP contribution in [0, 0.1) is 0 Å². The Labute approximate surface area is 112 Å². The molecule has 0 aliphatic carbocycles. The number of aliphatic carboxylic acids is 1. The lowest BCUT2D eigenvalue weighted by Crippen LogP contribution is -2.46. The molecule has 2 rings (SSSR count). The maximum absolute atomic E-state index is 10.5. The smallest absolute Gasteiger partial charge is 0.304 e. The third-order valence-corrected chi connectivity index (χ3v) is 3.28. The van der Waals surface area contributed by atoms with Gasteiger partial charge < -0.3 is 14.5 Å². The SMILES string of the molecule is CCc1nc(CN2CCN(CCC(=O)O)CC2)no1. The van der Waals surface area contributed by atoms with Gasteiger partial charge in [-0.15, -0.1) is 0 Å². The maximum Gasteiger partial charge on any atom is 0.304 e. The molecule has 1 aliphatic heterocycles. The first kappa shape index (κ1) is 14.0. The lowest BCUT2D eigenvalue weighted by molar-refractivity contribution is -0.137. The minimum absolute atomic E-state index is 0.213. The predicted molar refractivity (Wildman–Crippen MR) is 67.6 cm³/mol. The Morgan fingerprint density at radius 2 is 2.00 bits per heavy atom. The summed E-state index contributed by atoms with van der Waals surface area (Å²) in [6, 6.07) is 0. The van der Waals surface area contributed by atoms with Crippen LogP contribution in [0.2, 0.25) is 0 Å². The highest BCUT2D eigenvalue weighted by atomic mass is 16.5. The quantitative estimate of drug-likeness (QED) is 0.790. The molecule has 1 aliphatic rings. The van der Waals surface area contributed by atoms with Crippen LogP contribution in [0.1, 0.15) is 25.1 Å². The fourth-order valence-electron chi connectivity index (χ4n) is 2.12. The van der Waals surface area contributed by atoms with Crippen LogP contribution in [0.5, 0.6) is 0 Å². The molecule has 2 heterocycles. The van der Waals surface area contributed by atoms with Gasteiger partial charge in [0.2, 0.25) is 5.89 Å². The first-order valence-electron chi connectivity index (χ1n) is 6.65. The largest absolute Gasteiger partial charge is 0.481 e. The van der Waals surface area contributed by atoms with Crippen molar-refractivity contribution in [2.24, 2.45) is 0 Å². The zero-order chi connectivity index (χ0) is 13.7. The lowest BCUT2D eigenvalue weighted by atomic mass is 10.3. The Balaban J connectivity index is 1.72. The molecule has 1 fully saturated rings. The minimum atomic E-state index is -0.735. The fourth-order valence-corrected chi connectivity index (χ4v) is 2.12. The normalized spacial score (nSPS) is 17.7. The van der Waals surface area contributed by atoms with Gasteiger partial charge in [0.1, 0.15) is 0 Å². The summed E-state index contributed by atoms with van der Waals surface area (Å²) in [7, 11) is 0. The molecule has 19 heavy (non-hydrogen) atoms. The zero-order valence-corrected chi connectivity index (χ0v) is 11.2. The van der Waals surface area contributed by atoms with Crippen molar-refractivity contribution >= 4 is 5.97 Å². The van der Waals surface area contributed by atoms with E-state index in [1.54, 1.807) is 0 Å². The van der Waals surface area contributed by atoms with Gasteiger partial charge >= 0.3 is 5.97 Å². The number of piperazine rings is 1. The zero-order valence-electron chi connectivity index (χ0n) is 11.2. The molecule has 0 bridgehead atoms. The predicted octanol–water partition coefficient (Wildman–Crippen LogP) is 0.224. The molecule has 106 valence electrons. The van der Waals surface area contributed by atoms with Crippen LogP contribution in [-0.2, 0) is 17.8 Å². The topological polar surface area (TPSA) is 82.7 Å². The van der Waals surface area contributed by atoms with Gasteiger partial charge in [0, 0.05) is 39.1 Å². The third-order valence-electron chi connectivity index (χ3n) is 3.28. The van der Waals surface area contributed by atoms with Gasteiger partial charge in [0.25, 0.3) is 0 Å². The summed E-state index contributed by atoms with van der Waals surface area (Å²) in [5.41, 5.74) is 0. The van der Waals surface area contributed by atoms with Crippen LogP contribution in [-0.4, -0.2) is 63.7 Å². The molecule has 0 spiro atoms. The van der Waals surface area contributed by atoms with Crippen LogP contribution in [0.15, 0.2) is 4.52 Å². The number of aryl methyl sites for hydroxylation is 1.